The van der Waals surface area contributed by atoms with E-state index in [2.05, 4.69) is 30.3 Å². The predicted molar refractivity (Wildman–Crippen MR) is 72.6 cm³/mol. The van der Waals surface area contributed by atoms with E-state index >= 15 is 0 Å². The van der Waals surface area contributed by atoms with E-state index in [1.54, 1.807) is 6.08 Å². The zero-order valence-electron chi connectivity index (χ0n) is 9.68. The summed E-state index contributed by atoms with van der Waals surface area (Å²) in [6.07, 6.45) is 7.59. The first-order valence-corrected chi connectivity index (χ1v) is 6.01. The van der Waals surface area contributed by atoms with E-state index in [1.165, 1.54) is 16.7 Å². The average Bonchev–Trinajstić information content (AvgIpc) is 2.75. The molecule has 0 fully saturated rings. The van der Waals surface area contributed by atoms with Gasteiger partial charge >= 0.3 is 0 Å². The van der Waals surface area contributed by atoms with E-state index < -0.39 is 0 Å². The van der Waals surface area contributed by atoms with Crippen LogP contribution in [0.15, 0.2) is 48.6 Å². The maximum atomic E-state index is 11.8. The molecular formula is C17H10O. The summed E-state index contributed by atoms with van der Waals surface area (Å²) in [5.74, 6) is 0.0969. The van der Waals surface area contributed by atoms with Crippen LogP contribution < -0.4 is 10.4 Å². The van der Waals surface area contributed by atoms with Crippen LogP contribution in [-0.2, 0) is 0 Å². The van der Waals surface area contributed by atoms with Crippen LogP contribution in [-0.4, -0.2) is 5.78 Å². The summed E-state index contributed by atoms with van der Waals surface area (Å²) in [4.78, 5) is 11.8. The Morgan fingerprint density at radius 2 is 1.67 bits per heavy atom. The smallest absolute Gasteiger partial charge is 0.186 e. The Bertz CT molecular complexity index is 838. The lowest BCUT2D eigenvalue weighted by Gasteiger charge is -2.05. The minimum atomic E-state index is 0.0969. The number of allylic oxidation sites excluding steroid dienone is 2. The second kappa shape index (κ2) is 3.30. The maximum absolute atomic E-state index is 11.8. The van der Waals surface area contributed by atoms with Gasteiger partial charge in [-0.25, -0.2) is 0 Å². The first-order chi connectivity index (χ1) is 8.83. The molecule has 2 aromatic carbocycles. The van der Waals surface area contributed by atoms with E-state index in [-0.39, 0.29) is 5.78 Å². The largest absolute Gasteiger partial charge is 0.289 e. The molecule has 1 nitrogen and oxygen atoms in total. The van der Waals surface area contributed by atoms with Gasteiger partial charge in [-0.15, -0.1) is 0 Å². The van der Waals surface area contributed by atoms with E-state index in [9.17, 15) is 4.79 Å². The second-order valence-corrected chi connectivity index (χ2v) is 4.65. The number of fused-ring (bicyclic) bond motifs is 4. The highest BCUT2D eigenvalue weighted by Crippen LogP contribution is 2.25. The van der Waals surface area contributed by atoms with Crippen molar-refractivity contribution in [2.24, 2.45) is 0 Å². The highest BCUT2D eigenvalue weighted by Gasteiger charge is 2.15. The molecule has 0 atom stereocenters. The molecule has 0 unspecified atom stereocenters. The van der Waals surface area contributed by atoms with Crippen molar-refractivity contribution in [1.82, 2.24) is 0 Å². The molecule has 0 aromatic heterocycles. The van der Waals surface area contributed by atoms with Gasteiger partial charge in [0.25, 0.3) is 0 Å². The molecule has 0 heterocycles. The summed E-state index contributed by atoms with van der Waals surface area (Å²) in [6, 6.07) is 12.5. The van der Waals surface area contributed by atoms with Gasteiger partial charge in [0.1, 0.15) is 0 Å². The molecule has 0 amide bonds. The molecule has 0 saturated heterocycles. The van der Waals surface area contributed by atoms with Gasteiger partial charge in [-0.05, 0) is 51.4 Å². The SMILES string of the molecule is O=C1C=CC=c2cc3c(cc21)=Cc1ccccc1-3. The molecule has 2 aliphatic rings. The van der Waals surface area contributed by atoms with Crippen molar-refractivity contribution in [3.8, 4) is 11.1 Å². The Balaban J connectivity index is 2.12. The van der Waals surface area contributed by atoms with Crippen molar-refractivity contribution in [2.75, 3.05) is 0 Å². The van der Waals surface area contributed by atoms with Gasteiger partial charge in [-0.3, -0.25) is 4.79 Å². The molecule has 84 valence electrons. The number of carbonyl (C=O) groups is 1. The number of ketones is 1. The molecule has 0 radical (unpaired) electrons. The summed E-state index contributed by atoms with van der Waals surface area (Å²) in [7, 11) is 0. The molecule has 0 bridgehead atoms. The number of hydrogen-bond acceptors (Lipinski definition) is 1. The molecule has 1 heteroatoms. The quantitative estimate of drug-likeness (QED) is 0.577. The highest BCUT2D eigenvalue weighted by atomic mass is 16.1. The molecule has 0 N–H and O–H groups in total. The lowest BCUT2D eigenvalue weighted by atomic mass is 9.98. The lowest BCUT2D eigenvalue weighted by molar-refractivity contribution is 0.104. The fourth-order valence-corrected chi connectivity index (χ4v) is 2.70. The van der Waals surface area contributed by atoms with Gasteiger partial charge in [-0.1, -0.05) is 36.4 Å². The van der Waals surface area contributed by atoms with Crippen molar-refractivity contribution in [3.05, 3.63) is 70.1 Å². The van der Waals surface area contributed by atoms with Crippen LogP contribution in [0.2, 0.25) is 0 Å². The van der Waals surface area contributed by atoms with Crippen molar-refractivity contribution in [1.29, 1.82) is 0 Å². The highest BCUT2D eigenvalue weighted by molar-refractivity contribution is 6.07. The fourth-order valence-electron chi connectivity index (χ4n) is 2.70. The summed E-state index contributed by atoms with van der Waals surface area (Å²) < 4.78 is 0. The van der Waals surface area contributed by atoms with E-state index in [0.717, 1.165) is 16.0 Å². The second-order valence-electron chi connectivity index (χ2n) is 4.65. The van der Waals surface area contributed by atoms with Gasteiger partial charge in [-0.2, -0.15) is 0 Å². The average molecular weight is 230 g/mol. The van der Waals surface area contributed by atoms with E-state index in [4.69, 9.17) is 0 Å². The van der Waals surface area contributed by atoms with Gasteiger partial charge in [0, 0.05) is 5.56 Å². The van der Waals surface area contributed by atoms with Crippen LogP contribution in [0.1, 0.15) is 15.9 Å². The van der Waals surface area contributed by atoms with Gasteiger partial charge in [0.15, 0.2) is 5.78 Å². The minimum absolute atomic E-state index is 0.0969. The van der Waals surface area contributed by atoms with Crippen molar-refractivity contribution < 1.29 is 4.79 Å². The van der Waals surface area contributed by atoms with E-state index in [0.29, 0.717) is 0 Å². The third-order valence-electron chi connectivity index (χ3n) is 3.57. The Hall–Kier alpha value is -2.41. The standard InChI is InChI=1S/C17H10O/c18-17-7-3-5-12-9-15-13(10-16(12)17)8-11-4-1-2-6-14(11)15/h1-10H. The summed E-state index contributed by atoms with van der Waals surface area (Å²) in [5, 5.41) is 2.17. The normalized spacial score (nSPS) is 14.3. The molecule has 0 saturated carbocycles. The molecule has 2 aliphatic carbocycles. The van der Waals surface area contributed by atoms with Crippen LogP contribution in [0.25, 0.3) is 23.3 Å². The molecule has 0 aliphatic heterocycles. The third kappa shape index (κ3) is 1.19. The maximum Gasteiger partial charge on any atom is 0.186 e. The topological polar surface area (TPSA) is 17.1 Å². The lowest BCUT2D eigenvalue weighted by Crippen LogP contribution is -2.21. The van der Waals surface area contributed by atoms with E-state index in [1.807, 2.05) is 24.3 Å². The number of benzene rings is 2. The van der Waals surface area contributed by atoms with Crippen molar-refractivity contribution in [3.63, 3.8) is 0 Å². The number of carbonyl (C=O) groups excluding carboxylic acids is 1. The monoisotopic (exact) mass is 230 g/mol. The Morgan fingerprint density at radius 3 is 2.61 bits per heavy atom. The minimum Gasteiger partial charge on any atom is -0.289 e. The molecule has 4 rings (SSSR count). The fraction of sp³-hybridized carbons (Fsp3) is 0. The van der Waals surface area contributed by atoms with Crippen LogP contribution in [0.5, 0.6) is 0 Å². The number of rotatable bonds is 0. The van der Waals surface area contributed by atoms with Crippen LogP contribution >= 0.6 is 0 Å². The Kier molecular flexibility index (Phi) is 1.76. The Morgan fingerprint density at radius 1 is 0.833 bits per heavy atom. The van der Waals surface area contributed by atoms with Crippen LogP contribution in [0.3, 0.4) is 0 Å². The molecule has 18 heavy (non-hydrogen) atoms. The van der Waals surface area contributed by atoms with Gasteiger partial charge < -0.3 is 0 Å². The molecule has 2 aromatic rings. The summed E-state index contributed by atoms with van der Waals surface area (Å²) in [6.45, 7) is 0. The molecular weight excluding hydrogens is 220 g/mol. The summed E-state index contributed by atoms with van der Waals surface area (Å²) >= 11 is 0. The zero-order chi connectivity index (χ0) is 12.1. The van der Waals surface area contributed by atoms with Crippen molar-refractivity contribution >= 4 is 17.9 Å². The third-order valence-corrected chi connectivity index (χ3v) is 3.57. The van der Waals surface area contributed by atoms with Crippen LogP contribution in [0, 0.1) is 0 Å². The first-order valence-electron chi connectivity index (χ1n) is 6.01. The zero-order valence-corrected chi connectivity index (χ0v) is 9.68. The number of hydrogen-bond donors (Lipinski definition) is 0. The predicted octanol–water partition coefficient (Wildman–Crippen LogP) is 2.03. The Labute approximate surface area is 104 Å². The summed E-state index contributed by atoms with van der Waals surface area (Å²) in [5.41, 5.74) is 4.52. The first kappa shape index (κ1) is 9.60. The van der Waals surface area contributed by atoms with Crippen molar-refractivity contribution in [2.45, 2.75) is 0 Å². The van der Waals surface area contributed by atoms with Crippen LogP contribution in [0.4, 0.5) is 0 Å². The van der Waals surface area contributed by atoms with Gasteiger partial charge in [0.05, 0.1) is 0 Å². The molecule has 0 spiro atoms. The van der Waals surface area contributed by atoms with Gasteiger partial charge in [0.2, 0.25) is 0 Å².